The van der Waals surface area contributed by atoms with E-state index in [0.717, 1.165) is 5.69 Å². The van der Waals surface area contributed by atoms with E-state index in [1.807, 2.05) is 22.9 Å². The number of benzene rings is 1. The van der Waals surface area contributed by atoms with E-state index in [1.54, 1.807) is 24.7 Å². The zero-order valence-electron chi connectivity index (χ0n) is 11.4. The highest BCUT2D eigenvalue weighted by Crippen LogP contribution is 2.22. The van der Waals surface area contributed by atoms with Crippen molar-refractivity contribution >= 4 is 5.91 Å². The van der Waals surface area contributed by atoms with Crippen LogP contribution in [0, 0.1) is 0 Å². The second-order valence-corrected chi connectivity index (χ2v) is 5.14. The van der Waals surface area contributed by atoms with Crippen molar-refractivity contribution in [2.24, 2.45) is 0 Å². The molecule has 6 heteroatoms. The summed E-state index contributed by atoms with van der Waals surface area (Å²) >= 11 is 0. The van der Waals surface area contributed by atoms with Crippen LogP contribution in [0.2, 0.25) is 0 Å². The number of aliphatic hydroxyl groups excluding tert-OH is 1. The van der Waals surface area contributed by atoms with Crippen LogP contribution in [-0.4, -0.2) is 50.8 Å². The van der Waals surface area contributed by atoms with Gasteiger partial charge in [-0.1, -0.05) is 0 Å². The Morgan fingerprint density at radius 2 is 2.14 bits per heavy atom. The summed E-state index contributed by atoms with van der Waals surface area (Å²) in [6, 6.07) is 6.60. The van der Waals surface area contributed by atoms with Crippen molar-refractivity contribution in [1.29, 1.82) is 0 Å². The highest BCUT2D eigenvalue weighted by Gasteiger charge is 2.35. The van der Waals surface area contributed by atoms with Gasteiger partial charge in [0.2, 0.25) is 0 Å². The standard InChI is InChI=1S/C15H16FN3O2/c16-12-7-14(9-20)19(8-12)15(21)11-1-3-13(4-2-11)18-6-5-17-10-18/h1-6,10,12,14,20H,7-9H2/t12-,14-/m0/s1. The molecular weight excluding hydrogens is 273 g/mol. The molecule has 110 valence electrons. The third-order valence-electron chi connectivity index (χ3n) is 3.75. The number of nitrogens with zero attached hydrogens (tertiary/aromatic N) is 3. The largest absolute Gasteiger partial charge is 0.394 e. The molecule has 5 nitrogen and oxygen atoms in total. The van der Waals surface area contributed by atoms with E-state index >= 15 is 0 Å². The summed E-state index contributed by atoms with van der Waals surface area (Å²) in [5.74, 6) is -0.244. The molecule has 0 aliphatic carbocycles. The lowest BCUT2D eigenvalue weighted by Crippen LogP contribution is -2.37. The Morgan fingerprint density at radius 1 is 1.38 bits per heavy atom. The van der Waals surface area contributed by atoms with Gasteiger partial charge in [0.05, 0.1) is 25.5 Å². The average Bonchev–Trinajstić information content (AvgIpc) is 3.16. The molecule has 0 bridgehead atoms. The SMILES string of the molecule is O=C(c1ccc(-n2ccnc2)cc1)N1C[C@@H](F)C[C@H]1CO. The predicted octanol–water partition coefficient (Wildman–Crippen LogP) is 1.42. The molecular formula is C15H16FN3O2. The molecule has 1 fully saturated rings. The summed E-state index contributed by atoms with van der Waals surface area (Å²) in [4.78, 5) is 17.8. The zero-order chi connectivity index (χ0) is 14.8. The molecule has 0 saturated carbocycles. The summed E-state index contributed by atoms with van der Waals surface area (Å²) in [7, 11) is 0. The van der Waals surface area contributed by atoms with Gasteiger partial charge >= 0.3 is 0 Å². The first-order chi connectivity index (χ1) is 10.2. The molecule has 1 amide bonds. The lowest BCUT2D eigenvalue weighted by molar-refractivity contribution is 0.0673. The maximum absolute atomic E-state index is 13.4. The second kappa shape index (κ2) is 5.65. The van der Waals surface area contributed by atoms with Gasteiger partial charge < -0.3 is 14.6 Å². The van der Waals surface area contributed by atoms with Gasteiger partial charge in [-0.15, -0.1) is 0 Å². The Hall–Kier alpha value is -2.21. The fourth-order valence-corrected chi connectivity index (χ4v) is 2.64. The molecule has 3 rings (SSSR count). The van der Waals surface area contributed by atoms with Gasteiger partial charge in [-0.3, -0.25) is 4.79 Å². The topological polar surface area (TPSA) is 58.4 Å². The first-order valence-corrected chi connectivity index (χ1v) is 6.83. The van der Waals surface area contributed by atoms with Gasteiger partial charge in [0.1, 0.15) is 6.17 Å². The maximum atomic E-state index is 13.4. The summed E-state index contributed by atoms with van der Waals surface area (Å²) in [5, 5.41) is 9.25. The maximum Gasteiger partial charge on any atom is 0.254 e. The van der Waals surface area contributed by atoms with Crippen LogP contribution in [0.4, 0.5) is 4.39 Å². The van der Waals surface area contributed by atoms with Crippen LogP contribution >= 0.6 is 0 Å². The fraction of sp³-hybridized carbons (Fsp3) is 0.333. The van der Waals surface area contributed by atoms with Crippen LogP contribution < -0.4 is 0 Å². The third kappa shape index (κ3) is 2.67. The number of alkyl halides is 1. The Kier molecular flexibility index (Phi) is 3.70. The van der Waals surface area contributed by atoms with E-state index in [-0.39, 0.29) is 25.5 Å². The minimum Gasteiger partial charge on any atom is -0.394 e. The van der Waals surface area contributed by atoms with Crippen molar-refractivity contribution in [2.75, 3.05) is 13.2 Å². The van der Waals surface area contributed by atoms with Crippen LogP contribution in [0.15, 0.2) is 43.0 Å². The number of imidazole rings is 1. The third-order valence-corrected chi connectivity index (χ3v) is 3.75. The smallest absolute Gasteiger partial charge is 0.254 e. The lowest BCUT2D eigenvalue weighted by atomic mass is 10.1. The van der Waals surface area contributed by atoms with Gasteiger partial charge in [0.25, 0.3) is 5.91 Å². The summed E-state index contributed by atoms with van der Waals surface area (Å²) < 4.78 is 15.3. The van der Waals surface area contributed by atoms with Crippen LogP contribution in [0.3, 0.4) is 0 Å². The quantitative estimate of drug-likeness (QED) is 0.929. The number of hydrogen-bond donors (Lipinski definition) is 1. The van der Waals surface area contributed by atoms with E-state index in [2.05, 4.69) is 4.98 Å². The molecule has 21 heavy (non-hydrogen) atoms. The Morgan fingerprint density at radius 3 is 2.76 bits per heavy atom. The minimum absolute atomic E-state index is 0.0489. The molecule has 1 aromatic carbocycles. The number of aromatic nitrogens is 2. The molecule has 0 unspecified atom stereocenters. The van der Waals surface area contributed by atoms with Crippen LogP contribution in [-0.2, 0) is 0 Å². The molecule has 2 aromatic rings. The number of aliphatic hydroxyl groups is 1. The number of carbonyl (C=O) groups is 1. The molecule has 2 atom stereocenters. The van der Waals surface area contributed by atoms with E-state index in [0.29, 0.717) is 5.56 Å². The second-order valence-electron chi connectivity index (χ2n) is 5.14. The van der Waals surface area contributed by atoms with E-state index < -0.39 is 12.2 Å². The van der Waals surface area contributed by atoms with Crippen molar-refractivity contribution in [3.05, 3.63) is 48.5 Å². The Balaban J connectivity index is 1.79. The molecule has 1 N–H and O–H groups in total. The van der Waals surface area contributed by atoms with E-state index in [1.165, 1.54) is 4.90 Å². The Bertz CT molecular complexity index is 612. The summed E-state index contributed by atoms with van der Waals surface area (Å²) in [6.07, 6.45) is 4.31. The lowest BCUT2D eigenvalue weighted by Gasteiger charge is -2.22. The van der Waals surface area contributed by atoms with Gasteiger partial charge in [-0.2, -0.15) is 0 Å². The number of carbonyl (C=O) groups excluding carboxylic acids is 1. The van der Waals surface area contributed by atoms with Crippen LogP contribution in [0.25, 0.3) is 5.69 Å². The zero-order valence-corrected chi connectivity index (χ0v) is 11.4. The van der Waals surface area contributed by atoms with Crippen molar-refractivity contribution in [3.63, 3.8) is 0 Å². The van der Waals surface area contributed by atoms with Crippen molar-refractivity contribution in [3.8, 4) is 5.69 Å². The average molecular weight is 289 g/mol. The summed E-state index contributed by atoms with van der Waals surface area (Å²) in [6.45, 7) is -0.160. The number of hydrogen-bond acceptors (Lipinski definition) is 3. The van der Waals surface area contributed by atoms with Crippen molar-refractivity contribution in [2.45, 2.75) is 18.6 Å². The van der Waals surface area contributed by atoms with Gasteiger partial charge in [-0.05, 0) is 24.3 Å². The van der Waals surface area contributed by atoms with Gasteiger partial charge in [-0.25, -0.2) is 9.37 Å². The molecule has 0 radical (unpaired) electrons. The van der Waals surface area contributed by atoms with Gasteiger partial charge in [0, 0.05) is 30.1 Å². The number of likely N-dealkylation sites (tertiary alicyclic amines) is 1. The first kappa shape index (κ1) is 13.8. The van der Waals surface area contributed by atoms with E-state index in [9.17, 15) is 14.3 Å². The minimum atomic E-state index is -1.06. The molecule has 1 aliphatic heterocycles. The highest BCUT2D eigenvalue weighted by atomic mass is 19.1. The highest BCUT2D eigenvalue weighted by molar-refractivity contribution is 5.94. The molecule has 0 spiro atoms. The van der Waals surface area contributed by atoms with Crippen molar-refractivity contribution < 1.29 is 14.3 Å². The van der Waals surface area contributed by atoms with Gasteiger partial charge in [0.15, 0.2) is 0 Å². The number of rotatable bonds is 3. The molecule has 1 aromatic heterocycles. The molecule has 2 heterocycles. The summed E-state index contributed by atoms with van der Waals surface area (Å²) in [5.41, 5.74) is 1.39. The van der Waals surface area contributed by atoms with Crippen LogP contribution in [0.5, 0.6) is 0 Å². The number of halogens is 1. The molecule has 1 aliphatic rings. The van der Waals surface area contributed by atoms with Crippen molar-refractivity contribution in [1.82, 2.24) is 14.5 Å². The monoisotopic (exact) mass is 289 g/mol. The van der Waals surface area contributed by atoms with E-state index in [4.69, 9.17) is 0 Å². The fourth-order valence-electron chi connectivity index (χ4n) is 2.64. The van der Waals surface area contributed by atoms with Crippen LogP contribution in [0.1, 0.15) is 16.8 Å². The Labute approximate surface area is 121 Å². The predicted molar refractivity (Wildman–Crippen MR) is 75.0 cm³/mol. The normalized spacial score (nSPS) is 21.7. The molecule has 1 saturated heterocycles. The first-order valence-electron chi connectivity index (χ1n) is 6.83. The number of amides is 1.